The van der Waals surface area contributed by atoms with Crippen molar-refractivity contribution < 1.29 is 17.9 Å². The first kappa shape index (κ1) is 13.5. The quantitative estimate of drug-likeness (QED) is 0.754. The minimum Gasteiger partial charge on any atom is -0.456 e. The number of ether oxygens (including phenoxy) is 1. The molecule has 4 heteroatoms. The Morgan fingerprint density at radius 1 is 0.895 bits per heavy atom. The van der Waals surface area contributed by atoms with E-state index in [1.165, 1.54) is 18.2 Å². The standard InChI is InChI=1S/C15H13F3O/c1-2-11-7-3-5-9-13(11)19-14-10-6-4-8-12(14)15(16,17)18/h3-10H,2H2,1H3. The van der Waals surface area contributed by atoms with Crippen LogP contribution in [0, 0.1) is 0 Å². The van der Waals surface area contributed by atoms with Gasteiger partial charge >= 0.3 is 6.18 Å². The molecule has 2 aromatic carbocycles. The van der Waals surface area contributed by atoms with Crippen LogP contribution < -0.4 is 4.74 Å². The van der Waals surface area contributed by atoms with Gasteiger partial charge in [0.1, 0.15) is 11.5 Å². The highest BCUT2D eigenvalue weighted by Gasteiger charge is 2.34. The summed E-state index contributed by atoms with van der Waals surface area (Å²) in [7, 11) is 0. The van der Waals surface area contributed by atoms with Crippen LogP contribution in [-0.2, 0) is 12.6 Å². The van der Waals surface area contributed by atoms with Gasteiger partial charge in [0.05, 0.1) is 5.56 Å². The highest BCUT2D eigenvalue weighted by Crippen LogP contribution is 2.38. The molecule has 2 rings (SSSR count). The number of para-hydroxylation sites is 2. The van der Waals surface area contributed by atoms with Crippen molar-refractivity contribution in [2.45, 2.75) is 19.5 Å². The lowest BCUT2D eigenvalue weighted by molar-refractivity contribution is -0.138. The van der Waals surface area contributed by atoms with Crippen LogP contribution in [0.1, 0.15) is 18.1 Å². The van der Waals surface area contributed by atoms with E-state index in [2.05, 4.69) is 0 Å². The van der Waals surface area contributed by atoms with E-state index < -0.39 is 11.7 Å². The first-order valence-corrected chi connectivity index (χ1v) is 5.94. The van der Waals surface area contributed by atoms with Gasteiger partial charge in [-0.05, 0) is 30.2 Å². The predicted octanol–water partition coefficient (Wildman–Crippen LogP) is 5.06. The third-order valence-electron chi connectivity index (χ3n) is 2.77. The maximum Gasteiger partial charge on any atom is 0.419 e. The van der Waals surface area contributed by atoms with Gasteiger partial charge in [0.15, 0.2) is 0 Å². The fraction of sp³-hybridized carbons (Fsp3) is 0.200. The highest BCUT2D eigenvalue weighted by atomic mass is 19.4. The van der Waals surface area contributed by atoms with Crippen molar-refractivity contribution in [2.75, 3.05) is 0 Å². The first-order valence-electron chi connectivity index (χ1n) is 5.94. The summed E-state index contributed by atoms with van der Waals surface area (Å²) in [6.07, 6.45) is -3.72. The molecule has 0 atom stereocenters. The molecule has 0 heterocycles. The number of benzene rings is 2. The Balaban J connectivity index is 2.39. The molecular formula is C15H13F3O. The zero-order valence-corrected chi connectivity index (χ0v) is 10.4. The molecule has 0 N–H and O–H groups in total. The third kappa shape index (κ3) is 3.08. The average Bonchev–Trinajstić information content (AvgIpc) is 2.39. The molecule has 0 aliphatic heterocycles. The van der Waals surface area contributed by atoms with Crippen molar-refractivity contribution in [1.82, 2.24) is 0 Å². The molecule has 0 aliphatic rings. The monoisotopic (exact) mass is 266 g/mol. The SMILES string of the molecule is CCc1ccccc1Oc1ccccc1C(F)(F)F. The van der Waals surface area contributed by atoms with E-state index in [0.717, 1.165) is 11.6 Å². The van der Waals surface area contributed by atoms with E-state index >= 15 is 0 Å². The van der Waals surface area contributed by atoms with Crippen LogP contribution >= 0.6 is 0 Å². The number of aryl methyl sites for hydroxylation is 1. The number of hydrogen-bond acceptors (Lipinski definition) is 1. The van der Waals surface area contributed by atoms with Crippen molar-refractivity contribution in [1.29, 1.82) is 0 Å². The molecule has 0 fully saturated rings. The normalized spacial score (nSPS) is 11.4. The molecule has 0 bridgehead atoms. The minimum absolute atomic E-state index is 0.170. The number of rotatable bonds is 3. The Kier molecular flexibility index (Phi) is 3.79. The Hall–Kier alpha value is -1.97. The van der Waals surface area contributed by atoms with E-state index in [-0.39, 0.29) is 5.75 Å². The molecule has 0 saturated heterocycles. The van der Waals surface area contributed by atoms with Crippen LogP contribution in [0.25, 0.3) is 0 Å². The maximum absolute atomic E-state index is 12.9. The largest absolute Gasteiger partial charge is 0.456 e. The Labute approximate surface area is 109 Å². The van der Waals surface area contributed by atoms with E-state index in [1.54, 1.807) is 12.1 Å². The van der Waals surface area contributed by atoms with Gasteiger partial charge in [0, 0.05) is 0 Å². The predicted molar refractivity (Wildman–Crippen MR) is 67.3 cm³/mol. The van der Waals surface area contributed by atoms with Crippen LogP contribution in [0.15, 0.2) is 48.5 Å². The van der Waals surface area contributed by atoms with Crippen molar-refractivity contribution in [2.24, 2.45) is 0 Å². The lowest BCUT2D eigenvalue weighted by Gasteiger charge is -2.15. The second-order valence-electron chi connectivity index (χ2n) is 4.06. The molecule has 0 unspecified atom stereocenters. The molecule has 0 aliphatic carbocycles. The molecule has 2 aromatic rings. The second kappa shape index (κ2) is 5.34. The van der Waals surface area contributed by atoms with E-state index in [4.69, 9.17) is 4.74 Å². The smallest absolute Gasteiger partial charge is 0.419 e. The van der Waals surface area contributed by atoms with Crippen molar-refractivity contribution >= 4 is 0 Å². The van der Waals surface area contributed by atoms with Crippen LogP contribution in [0.2, 0.25) is 0 Å². The number of alkyl halides is 3. The van der Waals surface area contributed by atoms with Gasteiger partial charge in [-0.2, -0.15) is 13.2 Å². The van der Waals surface area contributed by atoms with E-state index in [0.29, 0.717) is 12.2 Å². The molecule has 0 radical (unpaired) electrons. The molecule has 100 valence electrons. The van der Waals surface area contributed by atoms with E-state index in [1.807, 2.05) is 19.1 Å². The van der Waals surface area contributed by atoms with Gasteiger partial charge in [0.2, 0.25) is 0 Å². The Morgan fingerprint density at radius 2 is 1.47 bits per heavy atom. The highest BCUT2D eigenvalue weighted by molar-refractivity contribution is 5.42. The lowest BCUT2D eigenvalue weighted by Crippen LogP contribution is -2.07. The Morgan fingerprint density at radius 3 is 2.11 bits per heavy atom. The summed E-state index contributed by atoms with van der Waals surface area (Å²) >= 11 is 0. The first-order chi connectivity index (χ1) is 9.02. The Bertz CT molecular complexity index is 561. The molecule has 19 heavy (non-hydrogen) atoms. The zero-order valence-electron chi connectivity index (χ0n) is 10.4. The van der Waals surface area contributed by atoms with Crippen LogP contribution in [0.4, 0.5) is 13.2 Å². The third-order valence-corrected chi connectivity index (χ3v) is 2.77. The molecule has 0 spiro atoms. The van der Waals surface area contributed by atoms with Crippen molar-refractivity contribution in [3.63, 3.8) is 0 Å². The van der Waals surface area contributed by atoms with Crippen molar-refractivity contribution in [3.8, 4) is 11.5 Å². The summed E-state index contributed by atoms with van der Waals surface area (Å²) in [6, 6.07) is 12.3. The van der Waals surface area contributed by atoms with Gasteiger partial charge in [0.25, 0.3) is 0 Å². The lowest BCUT2D eigenvalue weighted by atomic mass is 10.1. The maximum atomic E-state index is 12.9. The van der Waals surface area contributed by atoms with Gasteiger partial charge in [-0.3, -0.25) is 0 Å². The van der Waals surface area contributed by atoms with Crippen molar-refractivity contribution in [3.05, 3.63) is 59.7 Å². The molecule has 0 amide bonds. The van der Waals surface area contributed by atoms with Crippen LogP contribution in [0.5, 0.6) is 11.5 Å². The average molecular weight is 266 g/mol. The molecule has 0 saturated carbocycles. The topological polar surface area (TPSA) is 9.23 Å². The van der Waals surface area contributed by atoms with E-state index in [9.17, 15) is 13.2 Å². The fourth-order valence-electron chi connectivity index (χ4n) is 1.80. The number of hydrogen-bond donors (Lipinski definition) is 0. The summed E-state index contributed by atoms with van der Waals surface area (Å²) in [4.78, 5) is 0. The molecular weight excluding hydrogens is 253 g/mol. The van der Waals surface area contributed by atoms with Crippen LogP contribution in [0.3, 0.4) is 0 Å². The van der Waals surface area contributed by atoms with Gasteiger partial charge in [-0.25, -0.2) is 0 Å². The minimum atomic E-state index is -4.42. The van der Waals surface area contributed by atoms with Gasteiger partial charge in [-0.1, -0.05) is 37.3 Å². The fourth-order valence-corrected chi connectivity index (χ4v) is 1.80. The second-order valence-corrected chi connectivity index (χ2v) is 4.06. The summed E-state index contributed by atoms with van der Waals surface area (Å²) in [5.41, 5.74) is 0.111. The zero-order chi connectivity index (χ0) is 13.9. The summed E-state index contributed by atoms with van der Waals surface area (Å²) in [5, 5.41) is 0. The number of halogens is 3. The summed E-state index contributed by atoms with van der Waals surface area (Å²) < 4.78 is 44.0. The molecule has 1 nitrogen and oxygen atoms in total. The summed E-state index contributed by atoms with van der Waals surface area (Å²) in [6.45, 7) is 1.93. The van der Waals surface area contributed by atoms with Gasteiger partial charge < -0.3 is 4.74 Å². The molecule has 0 aromatic heterocycles. The van der Waals surface area contributed by atoms with Crippen LogP contribution in [-0.4, -0.2) is 0 Å². The van der Waals surface area contributed by atoms with Gasteiger partial charge in [-0.15, -0.1) is 0 Å². The summed E-state index contributed by atoms with van der Waals surface area (Å²) in [5.74, 6) is 0.289.